The maximum atomic E-state index is 11.9. The molecule has 1 amide bonds. The van der Waals surface area contributed by atoms with E-state index in [0.717, 1.165) is 25.1 Å². The van der Waals surface area contributed by atoms with Gasteiger partial charge in [-0.25, -0.2) is 0 Å². The Labute approximate surface area is 120 Å². The molecule has 1 aromatic rings. The molecule has 1 aromatic carbocycles. The zero-order chi connectivity index (χ0) is 14.4. The van der Waals surface area contributed by atoms with Crippen molar-refractivity contribution in [3.63, 3.8) is 0 Å². The Bertz CT molecular complexity index is 485. The maximum absolute atomic E-state index is 11.9. The van der Waals surface area contributed by atoms with Crippen LogP contribution in [0.5, 0.6) is 0 Å². The molecule has 1 aliphatic rings. The van der Waals surface area contributed by atoms with Gasteiger partial charge in [-0.3, -0.25) is 4.79 Å². The van der Waals surface area contributed by atoms with Gasteiger partial charge in [-0.05, 0) is 30.0 Å². The van der Waals surface area contributed by atoms with Crippen LogP contribution in [0.4, 0.5) is 0 Å². The van der Waals surface area contributed by atoms with Gasteiger partial charge >= 0.3 is 0 Å². The van der Waals surface area contributed by atoms with Crippen LogP contribution >= 0.6 is 0 Å². The van der Waals surface area contributed by atoms with Gasteiger partial charge in [-0.1, -0.05) is 24.3 Å². The van der Waals surface area contributed by atoms with Gasteiger partial charge in [-0.2, -0.15) is 0 Å². The third kappa shape index (κ3) is 3.92. The summed E-state index contributed by atoms with van der Waals surface area (Å²) in [6.07, 6.45) is 2.12. The van der Waals surface area contributed by atoms with Crippen molar-refractivity contribution in [2.24, 2.45) is 0 Å². The first-order chi connectivity index (χ1) is 9.70. The van der Waals surface area contributed by atoms with Crippen LogP contribution in [0.25, 0.3) is 0 Å². The van der Waals surface area contributed by atoms with Gasteiger partial charge in [0.25, 0.3) is 0 Å². The number of carbonyl (C=O) groups excluding carboxylic acids is 1. The SMILES string of the molecule is C=CCCOC(C)C(=O)NCc1ccc2c(c1)CNC2. The molecule has 108 valence electrons. The van der Waals surface area contributed by atoms with Gasteiger partial charge in [0.15, 0.2) is 0 Å². The van der Waals surface area contributed by atoms with E-state index in [9.17, 15) is 4.79 Å². The number of hydrogen-bond donors (Lipinski definition) is 2. The van der Waals surface area contributed by atoms with E-state index in [0.29, 0.717) is 13.2 Å². The van der Waals surface area contributed by atoms with Gasteiger partial charge in [0.2, 0.25) is 5.91 Å². The third-order valence-corrected chi connectivity index (χ3v) is 3.43. The van der Waals surface area contributed by atoms with Crippen molar-refractivity contribution in [1.29, 1.82) is 0 Å². The summed E-state index contributed by atoms with van der Waals surface area (Å²) in [6.45, 7) is 8.32. The van der Waals surface area contributed by atoms with Crippen LogP contribution in [0.2, 0.25) is 0 Å². The molecule has 2 rings (SSSR count). The van der Waals surface area contributed by atoms with Crippen LogP contribution in [0, 0.1) is 0 Å². The van der Waals surface area contributed by atoms with Crippen molar-refractivity contribution in [3.8, 4) is 0 Å². The topological polar surface area (TPSA) is 50.4 Å². The van der Waals surface area contributed by atoms with Crippen LogP contribution in [-0.4, -0.2) is 18.6 Å². The Kier molecular flexibility index (Phi) is 5.32. The molecule has 0 fully saturated rings. The van der Waals surface area contributed by atoms with E-state index in [-0.39, 0.29) is 5.91 Å². The molecular weight excluding hydrogens is 252 g/mol. The number of amides is 1. The molecule has 1 aliphatic heterocycles. The lowest BCUT2D eigenvalue weighted by atomic mass is 10.1. The predicted octanol–water partition coefficient (Wildman–Crippen LogP) is 1.89. The third-order valence-electron chi connectivity index (χ3n) is 3.43. The van der Waals surface area contributed by atoms with E-state index in [1.165, 1.54) is 11.1 Å². The van der Waals surface area contributed by atoms with Crippen molar-refractivity contribution in [3.05, 3.63) is 47.5 Å². The Morgan fingerprint density at radius 1 is 1.50 bits per heavy atom. The Balaban J connectivity index is 1.79. The molecule has 0 aliphatic carbocycles. The van der Waals surface area contributed by atoms with Crippen LogP contribution in [0.1, 0.15) is 30.0 Å². The largest absolute Gasteiger partial charge is 0.368 e. The first-order valence-electron chi connectivity index (χ1n) is 7.02. The minimum atomic E-state index is -0.425. The summed E-state index contributed by atoms with van der Waals surface area (Å²) >= 11 is 0. The molecule has 0 saturated heterocycles. The molecule has 20 heavy (non-hydrogen) atoms. The predicted molar refractivity (Wildman–Crippen MR) is 79.1 cm³/mol. The molecule has 1 heterocycles. The number of nitrogens with one attached hydrogen (secondary N) is 2. The summed E-state index contributed by atoms with van der Waals surface area (Å²) in [4.78, 5) is 11.9. The summed E-state index contributed by atoms with van der Waals surface area (Å²) in [5.41, 5.74) is 3.80. The molecule has 4 heteroatoms. The summed E-state index contributed by atoms with van der Waals surface area (Å²) in [5.74, 6) is -0.0762. The van der Waals surface area contributed by atoms with Crippen molar-refractivity contribution in [2.45, 2.75) is 39.1 Å². The quantitative estimate of drug-likeness (QED) is 0.589. The second-order valence-electron chi connectivity index (χ2n) is 5.01. The normalized spacial score (nSPS) is 14.7. The average molecular weight is 274 g/mol. The van der Waals surface area contributed by atoms with E-state index < -0.39 is 6.10 Å². The summed E-state index contributed by atoms with van der Waals surface area (Å²) in [7, 11) is 0. The average Bonchev–Trinajstić information content (AvgIpc) is 2.92. The van der Waals surface area contributed by atoms with Crippen molar-refractivity contribution in [2.75, 3.05) is 6.61 Å². The minimum absolute atomic E-state index is 0.0762. The van der Waals surface area contributed by atoms with E-state index in [1.54, 1.807) is 13.0 Å². The zero-order valence-electron chi connectivity index (χ0n) is 11.9. The second-order valence-corrected chi connectivity index (χ2v) is 5.01. The second kappa shape index (κ2) is 7.22. The summed E-state index contributed by atoms with van der Waals surface area (Å²) in [5, 5.41) is 6.22. The monoisotopic (exact) mass is 274 g/mol. The Morgan fingerprint density at radius 3 is 3.10 bits per heavy atom. The highest BCUT2D eigenvalue weighted by molar-refractivity contribution is 5.80. The zero-order valence-corrected chi connectivity index (χ0v) is 11.9. The first-order valence-corrected chi connectivity index (χ1v) is 7.02. The van der Waals surface area contributed by atoms with Crippen molar-refractivity contribution >= 4 is 5.91 Å². The van der Waals surface area contributed by atoms with Gasteiger partial charge in [0.05, 0.1) is 6.61 Å². The fraction of sp³-hybridized carbons (Fsp3) is 0.438. The van der Waals surface area contributed by atoms with E-state index >= 15 is 0 Å². The number of ether oxygens (including phenoxy) is 1. The lowest BCUT2D eigenvalue weighted by molar-refractivity contribution is -0.131. The highest BCUT2D eigenvalue weighted by Crippen LogP contribution is 2.16. The number of carbonyl (C=O) groups is 1. The smallest absolute Gasteiger partial charge is 0.249 e. The highest BCUT2D eigenvalue weighted by Gasteiger charge is 2.13. The molecule has 0 spiro atoms. The molecule has 4 nitrogen and oxygen atoms in total. The molecule has 0 saturated carbocycles. The van der Waals surface area contributed by atoms with Gasteiger partial charge in [-0.15, -0.1) is 6.58 Å². The van der Waals surface area contributed by atoms with E-state index in [1.807, 2.05) is 0 Å². The molecule has 1 unspecified atom stereocenters. The first kappa shape index (κ1) is 14.8. The van der Waals surface area contributed by atoms with Gasteiger partial charge in [0, 0.05) is 19.6 Å². The summed E-state index contributed by atoms with van der Waals surface area (Å²) < 4.78 is 5.41. The fourth-order valence-electron chi connectivity index (χ4n) is 2.19. The van der Waals surface area contributed by atoms with Gasteiger partial charge in [0.1, 0.15) is 6.10 Å². The molecule has 0 bridgehead atoms. The number of hydrogen-bond acceptors (Lipinski definition) is 3. The van der Waals surface area contributed by atoms with E-state index in [4.69, 9.17) is 4.74 Å². The summed E-state index contributed by atoms with van der Waals surface area (Å²) in [6, 6.07) is 6.34. The molecule has 0 radical (unpaired) electrons. The Hall–Kier alpha value is -1.65. The van der Waals surface area contributed by atoms with Crippen LogP contribution < -0.4 is 10.6 Å². The lowest BCUT2D eigenvalue weighted by Gasteiger charge is -2.13. The van der Waals surface area contributed by atoms with Crippen LogP contribution in [0.15, 0.2) is 30.9 Å². The van der Waals surface area contributed by atoms with Crippen LogP contribution in [0.3, 0.4) is 0 Å². The molecule has 0 aromatic heterocycles. The van der Waals surface area contributed by atoms with Crippen molar-refractivity contribution < 1.29 is 9.53 Å². The standard InChI is InChI=1S/C16H22N2O2/c1-3-4-7-20-12(2)16(19)18-9-13-5-6-14-10-17-11-15(14)8-13/h3,5-6,8,12,17H,1,4,7,9-11H2,2H3,(H,18,19). The maximum Gasteiger partial charge on any atom is 0.249 e. The fourth-order valence-corrected chi connectivity index (χ4v) is 2.19. The Morgan fingerprint density at radius 2 is 2.30 bits per heavy atom. The van der Waals surface area contributed by atoms with Crippen LogP contribution in [-0.2, 0) is 29.2 Å². The number of benzene rings is 1. The number of fused-ring (bicyclic) bond motifs is 1. The molecule has 2 N–H and O–H groups in total. The van der Waals surface area contributed by atoms with Gasteiger partial charge < -0.3 is 15.4 Å². The van der Waals surface area contributed by atoms with Crippen molar-refractivity contribution in [1.82, 2.24) is 10.6 Å². The number of rotatable bonds is 7. The van der Waals surface area contributed by atoms with E-state index in [2.05, 4.69) is 35.4 Å². The molecular formula is C16H22N2O2. The lowest BCUT2D eigenvalue weighted by Crippen LogP contribution is -2.34. The highest BCUT2D eigenvalue weighted by atomic mass is 16.5. The molecule has 1 atom stereocenters. The minimum Gasteiger partial charge on any atom is -0.368 e.